The van der Waals surface area contributed by atoms with Crippen molar-refractivity contribution >= 4 is 0 Å². The number of hydrogen-bond acceptors (Lipinski definition) is 5. The first-order chi connectivity index (χ1) is 9.78. The lowest BCUT2D eigenvalue weighted by Crippen LogP contribution is -2.14. The van der Waals surface area contributed by atoms with Gasteiger partial charge in [-0.1, -0.05) is 35.5 Å². The summed E-state index contributed by atoms with van der Waals surface area (Å²) in [5.74, 6) is 1.56. The molecule has 3 atom stereocenters. The molecule has 1 aromatic heterocycles. The summed E-state index contributed by atoms with van der Waals surface area (Å²) in [4.78, 5) is 4.52. The minimum Gasteiger partial charge on any atom is -0.369 e. The quantitative estimate of drug-likeness (QED) is 0.925. The Morgan fingerprint density at radius 3 is 2.75 bits per heavy atom. The molecule has 20 heavy (non-hydrogen) atoms. The van der Waals surface area contributed by atoms with Crippen LogP contribution in [-0.4, -0.2) is 23.3 Å². The minimum atomic E-state index is -0.288. The first kappa shape index (κ1) is 13.3. The Hall–Kier alpha value is -1.72. The lowest BCUT2D eigenvalue weighted by atomic mass is 10.1. The van der Waals surface area contributed by atoms with Gasteiger partial charge in [0.1, 0.15) is 6.10 Å². The lowest BCUT2D eigenvalue weighted by molar-refractivity contribution is 0.126. The van der Waals surface area contributed by atoms with Crippen molar-refractivity contribution in [2.75, 3.05) is 7.11 Å². The summed E-state index contributed by atoms with van der Waals surface area (Å²) >= 11 is 0. The Bertz CT molecular complexity index is 555. The highest BCUT2D eigenvalue weighted by Crippen LogP contribution is 2.33. The van der Waals surface area contributed by atoms with E-state index in [0.29, 0.717) is 17.6 Å². The van der Waals surface area contributed by atoms with E-state index < -0.39 is 0 Å². The van der Waals surface area contributed by atoms with Gasteiger partial charge in [-0.25, -0.2) is 0 Å². The van der Waals surface area contributed by atoms with Gasteiger partial charge in [0.05, 0.1) is 0 Å². The van der Waals surface area contributed by atoms with E-state index in [1.165, 1.54) is 0 Å². The smallest absolute Gasteiger partial charge is 0.229 e. The van der Waals surface area contributed by atoms with Crippen molar-refractivity contribution in [3.8, 4) is 0 Å². The SMILES string of the molecule is COC(c1ccccc1)c1noc(C2CCC(N)C2)n1. The fourth-order valence-corrected chi connectivity index (χ4v) is 2.78. The minimum absolute atomic E-state index is 0.252. The van der Waals surface area contributed by atoms with E-state index in [0.717, 1.165) is 24.8 Å². The highest BCUT2D eigenvalue weighted by atomic mass is 16.5. The van der Waals surface area contributed by atoms with E-state index >= 15 is 0 Å². The standard InChI is InChI=1S/C15H19N3O2/c1-19-13(10-5-3-2-4-6-10)14-17-15(20-18-14)11-7-8-12(16)9-11/h2-6,11-13H,7-9,16H2,1H3. The van der Waals surface area contributed by atoms with Crippen molar-refractivity contribution < 1.29 is 9.26 Å². The molecule has 0 saturated heterocycles. The average molecular weight is 273 g/mol. The molecule has 0 aliphatic heterocycles. The Balaban J connectivity index is 1.81. The Kier molecular flexibility index (Phi) is 3.80. The molecular weight excluding hydrogens is 254 g/mol. The maximum absolute atomic E-state index is 5.93. The Morgan fingerprint density at radius 2 is 2.10 bits per heavy atom. The Morgan fingerprint density at radius 1 is 1.30 bits per heavy atom. The van der Waals surface area contributed by atoms with Crippen LogP contribution in [0.4, 0.5) is 0 Å². The summed E-state index contributed by atoms with van der Waals surface area (Å²) in [6.07, 6.45) is 2.68. The van der Waals surface area contributed by atoms with Crippen LogP contribution in [0.2, 0.25) is 0 Å². The molecule has 0 amide bonds. The fourth-order valence-electron chi connectivity index (χ4n) is 2.78. The number of benzene rings is 1. The molecule has 1 aromatic carbocycles. The number of nitrogens with zero attached hydrogens (tertiary/aromatic N) is 2. The second-order valence-electron chi connectivity index (χ2n) is 5.29. The molecule has 2 aromatic rings. The topological polar surface area (TPSA) is 74.2 Å². The largest absolute Gasteiger partial charge is 0.369 e. The highest BCUT2D eigenvalue weighted by Gasteiger charge is 2.29. The van der Waals surface area contributed by atoms with Crippen LogP contribution >= 0.6 is 0 Å². The molecule has 1 aliphatic rings. The summed E-state index contributed by atoms with van der Waals surface area (Å²) in [6.45, 7) is 0. The van der Waals surface area contributed by atoms with Gasteiger partial charge in [0.15, 0.2) is 0 Å². The van der Waals surface area contributed by atoms with Crippen LogP contribution in [0.5, 0.6) is 0 Å². The lowest BCUT2D eigenvalue weighted by Gasteiger charge is -2.11. The number of hydrogen-bond donors (Lipinski definition) is 1. The van der Waals surface area contributed by atoms with Gasteiger partial charge in [-0.3, -0.25) is 0 Å². The van der Waals surface area contributed by atoms with Crippen LogP contribution in [-0.2, 0) is 4.74 Å². The zero-order chi connectivity index (χ0) is 13.9. The van der Waals surface area contributed by atoms with Crippen molar-refractivity contribution in [3.63, 3.8) is 0 Å². The molecule has 2 N–H and O–H groups in total. The van der Waals surface area contributed by atoms with E-state index in [-0.39, 0.29) is 12.1 Å². The number of rotatable bonds is 4. The molecule has 0 spiro atoms. The van der Waals surface area contributed by atoms with Crippen molar-refractivity contribution in [2.24, 2.45) is 5.73 Å². The third-order valence-electron chi connectivity index (χ3n) is 3.85. The summed E-state index contributed by atoms with van der Waals surface area (Å²) in [6, 6.07) is 10.2. The summed E-state index contributed by atoms with van der Waals surface area (Å²) in [7, 11) is 1.65. The van der Waals surface area contributed by atoms with Crippen molar-refractivity contribution in [1.29, 1.82) is 0 Å². The first-order valence-electron chi connectivity index (χ1n) is 6.94. The number of methoxy groups -OCH3 is 1. The van der Waals surface area contributed by atoms with Gasteiger partial charge >= 0.3 is 0 Å². The molecule has 106 valence electrons. The van der Waals surface area contributed by atoms with Crippen molar-refractivity contribution in [1.82, 2.24) is 10.1 Å². The van der Waals surface area contributed by atoms with E-state index in [1.807, 2.05) is 30.3 Å². The average Bonchev–Trinajstić information content (AvgIpc) is 3.10. The molecule has 5 nitrogen and oxygen atoms in total. The Labute approximate surface area is 118 Å². The van der Waals surface area contributed by atoms with E-state index in [9.17, 15) is 0 Å². The predicted octanol–water partition coefficient (Wildman–Crippen LogP) is 2.40. The van der Waals surface area contributed by atoms with Gasteiger partial charge in [-0.15, -0.1) is 0 Å². The second kappa shape index (κ2) is 5.73. The van der Waals surface area contributed by atoms with Gasteiger partial charge in [0.2, 0.25) is 11.7 Å². The third kappa shape index (κ3) is 2.59. The zero-order valence-corrected chi connectivity index (χ0v) is 11.5. The molecule has 5 heteroatoms. The molecule has 1 saturated carbocycles. The van der Waals surface area contributed by atoms with E-state index in [4.69, 9.17) is 15.0 Å². The van der Waals surface area contributed by atoms with Gasteiger partial charge < -0.3 is 15.0 Å². The van der Waals surface area contributed by atoms with Crippen LogP contribution in [0, 0.1) is 0 Å². The maximum Gasteiger partial charge on any atom is 0.229 e. The van der Waals surface area contributed by atoms with Crippen LogP contribution in [0.1, 0.15) is 48.6 Å². The van der Waals surface area contributed by atoms with E-state index in [1.54, 1.807) is 7.11 Å². The molecule has 3 rings (SSSR count). The monoisotopic (exact) mass is 273 g/mol. The van der Waals surface area contributed by atoms with Crippen molar-refractivity contribution in [2.45, 2.75) is 37.3 Å². The van der Waals surface area contributed by atoms with Crippen LogP contribution in [0.15, 0.2) is 34.9 Å². The van der Waals surface area contributed by atoms with Crippen LogP contribution in [0.3, 0.4) is 0 Å². The molecule has 0 radical (unpaired) electrons. The molecule has 3 unspecified atom stereocenters. The first-order valence-corrected chi connectivity index (χ1v) is 6.94. The highest BCUT2D eigenvalue weighted by molar-refractivity contribution is 5.22. The molecular formula is C15H19N3O2. The molecule has 1 aliphatic carbocycles. The number of ether oxygens (including phenoxy) is 1. The molecule has 0 bridgehead atoms. The predicted molar refractivity (Wildman–Crippen MR) is 74.2 cm³/mol. The number of aromatic nitrogens is 2. The van der Waals surface area contributed by atoms with E-state index in [2.05, 4.69) is 10.1 Å². The maximum atomic E-state index is 5.93. The van der Waals surface area contributed by atoms with Gasteiger partial charge in [0, 0.05) is 19.1 Å². The molecule has 1 heterocycles. The molecule has 1 fully saturated rings. The second-order valence-corrected chi connectivity index (χ2v) is 5.29. The van der Waals surface area contributed by atoms with Gasteiger partial charge in [-0.2, -0.15) is 4.98 Å². The van der Waals surface area contributed by atoms with Crippen molar-refractivity contribution in [3.05, 3.63) is 47.6 Å². The summed E-state index contributed by atoms with van der Waals surface area (Å²) in [5.41, 5.74) is 6.95. The normalized spacial score (nSPS) is 23.9. The summed E-state index contributed by atoms with van der Waals surface area (Å²) < 4.78 is 10.9. The number of nitrogens with two attached hydrogens (primary N) is 1. The third-order valence-corrected chi connectivity index (χ3v) is 3.85. The van der Waals surface area contributed by atoms with Crippen LogP contribution < -0.4 is 5.73 Å². The van der Waals surface area contributed by atoms with Crippen LogP contribution in [0.25, 0.3) is 0 Å². The summed E-state index contributed by atoms with van der Waals surface area (Å²) in [5, 5.41) is 4.08. The zero-order valence-electron chi connectivity index (χ0n) is 11.5. The fraction of sp³-hybridized carbons (Fsp3) is 0.467. The van der Waals surface area contributed by atoms with Gasteiger partial charge in [-0.05, 0) is 24.8 Å². The van der Waals surface area contributed by atoms with Gasteiger partial charge in [0.25, 0.3) is 0 Å².